The fourth-order valence-electron chi connectivity index (χ4n) is 1.76. The van der Waals surface area contributed by atoms with E-state index in [1.54, 1.807) is 12.1 Å². The third-order valence-electron chi connectivity index (χ3n) is 2.86. The molecule has 2 aromatic rings. The second-order valence-corrected chi connectivity index (χ2v) is 4.10. The summed E-state index contributed by atoms with van der Waals surface area (Å²) in [7, 11) is 0. The first kappa shape index (κ1) is 11.8. The number of hydrogen-bond donors (Lipinski definition) is 1. The Morgan fingerprint density at radius 2 is 1.65 bits per heavy atom. The lowest BCUT2D eigenvalue weighted by Crippen LogP contribution is -2.18. The Hall–Kier alpha value is -1.67. The first-order valence-electron chi connectivity index (χ1n) is 5.79. The standard InChI is InChI=1S/C15H16FN/c1-12(13-7-3-2-4-8-13)17-11-14-9-5-6-10-15(14)16/h2-10,12,17H,11H2,1H3/t12-/m0/s1. The Kier molecular flexibility index (Phi) is 3.89. The minimum atomic E-state index is -0.153. The number of nitrogens with one attached hydrogen (secondary N) is 1. The zero-order valence-corrected chi connectivity index (χ0v) is 9.86. The van der Waals surface area contributed by atoms with E-state index in [0.29, 0.717) is 12.1 Å². The van der Waals surface area contributed by atoms with Crippen LogP contribution in [0.4, 0.5) is 4.39 Å². The van der Waals surface area contributed by atoms with E-state index in [4.69, 9.17) is 0 Å². The summed E-state index contributed by atoms with van der Waals surface area (Å²) in [5.74, 6) is -0.153. The van der Waals surface area contributed by atoms with Gasteiger partial charge in [-0.1, -0.05) is 48.5 Å². The second-order valence-electron chi connectivity index (χ2n) is 4.10. The molecule has 1 N–H and O–H groups in total. The lowest BCUT2D eigenvalue weighted by Gasteiger charge is -2.14. The van der Waals surface area contributed by atoms with Gasteiger partial charge in [0.15, 0.2) is 0 Å². The number of halogens is 1. The molecule has 0 saturated heterocycles. The molecule has 0 unspecified atom stereocenters. The highest BCUT2D eigenvalue weighted by Crippen LogP contribution is 2.13. The molecular weight excluding hydrogens is 213 g/mol. The summed E-state index contributed by atoms with van der Waals surface area (Å²) in [5.41, 5.74) is 1.92. The molecule has 2 heteroatoms. The Bertz CT molecular complexity index is 467. The molecule has 17 heavy (non-hydrogen) atoms. The summed E-state index contributed by atoms with van der Waals surface area (Å²) < 4.78 is 13.4. The van der Waals surface area contributed by atoms with Gasteiger partial charge in [0.1, 0.15) is 5.82 Å². The van der Waals surface area contributed by atoms with E-state index in [9.17, 15) is 4.39 Å². The van der Waals surface area contributed by atoms with Crippen molar-refractivity contribution >= 4 is 0 Å². The molecule has 0 aliphatic rings. The zero-order valence-electron chi connectivity index (χ0n) is 9.86. The van der Waals surface area contributed by atoms with Crippen molar-refractivity contribution in [2.75, 3.05) is 0 Å². The SMILES string of the molecule is C[C@H](NCc1ccccc1F)c1ccccc1. The summed E-state index contributed by atoms with van der Waals surface area (Å²) in [6.07, 6.45) is 0. The summed E-state index contributed by atoms with van der Waals surface area (Å²) in [5, 5.41) is 3.32. The molecule has 88 valence electrons. The van der Waals surface area contributed by atoms with E-state index in [0.717, 1.165) is 0 Å². The number of benzene rings is 2. The van der Waals surface area contributed by atoms with Crippen LogP contribution in [0, 0.1) is 5.82 Å². The van der Waals surface area contributed by atoms with Gasteiger partial charge in [-0.05, 0) is 18.6 Å². The predicted molar refractivity (Wildman–Crippen MR) is 68.1 cm³/mol. The molecule has 0 fully saturated rings. The Labute approximate surface area is 101 Å². The average molecular weight is 229 g/mol. The van der Waals surface area contributed by atoms with Gasteiger partial charge >= 0.3 is 0 Å². The topological polar surface area (TPSA) is 12.0 Å². The van der Waals surface area contributed by atoms with Crippen molar-refractivity contribution < 1.29 is 4.39 Å². The van der Waals surface area contributed by atoms with Crippen molar-refractivity contribution in [3.8, 4) is 0 Å². The van der Waals surface area contributed by atoms with Gasteiger partial charge in [0.05, 0.1) is 0 Å². The lowest BCUT2D eigenvalue weighted by atomic mass is 10.1. The number of hydrogen-bond acceptors (Lipinski definition) is 1. The minimum absolute atomic E-state index is 0.153. The zero-order chi connectivity index (χ0) is 12.1. The molecule has 0 aromatic heterocycles. The van der Waals surface area contributed by atoms with Crippen molar-refractivity contribution in [2.45, 2.75) is 19.5 Å². The highest BCUT2D eigenvalue weighted by molar-refractivity contribution is 5.20. The summed E-state index contributed by atoms with van der Waals surface area (Å²) in [6.45, 7) is 2.62. The highest BCUT2D eigenvalue weighted by Gasteiger charge is 2.05. The van der Waals surface area contributed by atoms with E-state index < -0.39 is 0 Å². The quantitative estimate of drug-likeness (QED) is 0.843. The first-order chi connectivity index (χ1) is 8.27. The first-order valence-corrected chi connectivity index (χ1v) is 5.79. The maximum atomic E-state index is 13.4. The molecular formula is C15H16FN. The smallest absolute Gasteiger partial charge is 0.127 e. The van der Waals surface area contributed by atoms with Crippen molar-refractivity contribution in [1.29, 1.82) is 0 Å². The van der Waals surface area contributed by atoms with Crippen LogP contribution >= 0.6 is 0 Å². The van der Waals surface area contributed by atoms with Crippen LogP contribution in [-0.4, -0.2) is 0 Å². The lowest BCUT2D eigenvalue weighted by molar-refractivity contribution is 0.544. The second kappa shape index (κ2) is 5.60. The molecule has 0 aliphatic carbocycles. The highest BCUT2D eigenvalue weighted by atomic mass is 19.1. The average Bonchev–Trinajstić information content (AvgIpc) is 2.38. The third kappa shape index (κ3) is 3.14. The van der Waals surface area contributed by atoms with Gasteiger partial charge in [0.25, 0.3) is 0 Å². The monoisotopic (exact) mass is 229 g/mol. The maximum absolute atomic E-state index is 13.4. The molecule has 0 amide bonds. The van der Waals surface area contributed by atoms with Crippen LogP contribution < -0.4 is 5.32 Å². The van der Waals surface area contributed by atoms with E-state index in [1.165, 1.54) is 11.6 Å². The summed E-state index contributed by atoms with van der Waals surface area (Å²) in [4.78, 5) is 0. The molecule has 0 heterocycles. The van der Waals surface area contributed by atoms with Crippen LogP contribution in [-0.2, 0) is 6.54 Å². The normalized spacial score (nSPS) is 12.4. The fraction of sp³-hybridized carbons (Fsp3) is 0.200. The Balaban J connectivity index is 1.97. The molecule has 0 radical (unpaired) electrons. The molecule has 2 rings (SSSR count). The van der Waals surface area contributed by atoms with Gasteiger partial charge in [-0.3, -0.25) is 0 Å². The van der Waals surface area contributed by atoms with Gasteiger partial charge in [0, 0.05) is 18.2 Å². The van der Waals surface area contributed by atoms with Crippen molar-refractivity contribution in [3.05, 3.63) is 71.5 Å². The van der Waals surface area contributed by atoms with Crippen LogP contribution in [0.2, 0.25) is 0 Å². The van der Waals surface area contributed by atoms with Crippen molar-refractivity contribution in [3.63, 3.8) is 0 Å². The summed E-state index contributed by atoms with van der Waals surface area (Å²) in [6, 6.07) is 17.2. The van der Waals surface area contributed by atoms with Gasteiger partial charge in [-0.15, -0.1) is 0 Å². The van der Waals surface area contributed by atoms with Crippen LogP contribution in [0.25, 0.3) is 0 Å². The third-order valence-corrected chi connectivity index (χ3v) is 2.86. The van der Waals surface area contributed by atoms with Gasteiger partial charge in [0.2, 0.25) is 0 Å². The van der Waals surface area contributed by atoms with E-state index >= 15 is 0 Å². The summed E-state index contributed by atoms with van der Waals surface area (Å²) >= 11 is 0. The van der Waals surface area contributed by atoms with E-state index in [-0.39, 0.29) is 11.9 Å². The molecule has 0 aliphatic heterocycles. The van der Waals surface area contributed by atoms with E-state index in [2.05, 4.69) is 24.4 Å². The maximum Gasteiger partial charge on any atom is 0.127 e. The number of rotatable bonds is 4. The Morgan fingerprint density at radius 3 is 2.35 bits per heavy atom. The molecule has 1 atom stereocenters. The predicted octanol–water partition coefficient (Wildman–Crippen LogP) is 3.68. The molecule has 0 spiro atoms. The molecule has 0 saturated carbocycles. The molecule has 1 nitrogen and oxygen atoms in total. The Morgan fingerprint density at radius 1 is 1.00 bits per heavy atom. The van der Waals surface area contributed by atoms with Crippen LogP contribution in [0.1, 0.15) is 24.1 Å². The largest absolute Gasteiger partial charge is 0.306 e. The fourth-order valence-corrected chi connectivity index (χ4v) is 1.76. The van der Waals surface area contributed by atoms with E-state index in [1.807, 2.05) is 24.3 Å². The van der Waals surface area contributed by atoms with Gasteiger partial charge in [-0.25, -0.2) is 4.39 Å². The van der Waals surface area contributed by atoms with Crippen LogP contribution in [0.5, 0.6) is 0 Å². The van der Waals surface area contributed by atoms with Crippen LogP contribution in [0.15, 0.2) is 54.6 Å². The minimum Gasteiger partial charge on any atom is -0.306 e. The molecule has 2 aromatic carbocycles. The van der Waals surface area contributed by atoms with Crippen molar-refractivity contribution in [2.24, 2.45) is 0 Å². The molecule has 0 bridgehead atoms. The van der Waals surface area contributed by atoms with Crippen LogP contribution in [0.3, 0.4) is 0 Å². The van der Waals surface area contributed by atoms with Gasteiger partial charge in [-0.2, -0.15) is 0 Å². The van der Waals surface area contributed by atoms with Gasteiger partial charge < -0.3 is 5.32 Å². The van der Waals surface area contributed by atoms with Crippen molar-refractivity contribution in [1.82, 2.24) is 5.32 Å².